The number of hydrogen-bond donors (Lipinski definition) is 1. The summed E-state index contributed by atoms with van der Waals surface area (Å²) < 4.78 is 30.4. The number of amides is 1. The van der Waals surface area contributed by atoms with Gasteiger partial charge in [-0.15, -0.1) is 0 Å². The molecule has 2 aromatic heterocycles. The average Bonchev–Trinajstić information content (AvgIpc) is 3.45. The van der Waals surface area contributed by atoms with Crippen LogP contribution in [0.15, 0.2) is 69.9 Å². The number of rotatable bonds is 7. The zero-order valence-corrected chi connectivity index (χ0v) is 18.2. The average molecular weight is 433 g/mol. The highest BCUT2D eigenvalue weighted by atomic mass is 19.1. The van der Waals surface area contributed by atoms with E-state index in [4.69, 9.17) is 13.6 Å². The third kappa shape index (κ3) is 4.30. The van der Waals surface area contributed by atoms with Crippen LogP contribution in [0.4, 0.5) is 4.39 Å². The van der Waals surface area contributed by atoms with Crippen molar-refractivity contribution in [2.75, 3.05) is 6.61 Å². The minimum Gasteiger partial charge on any atom is -0.493 e. The van der Waals surface area contributed by atoms with Crippen molar-refractivity contribution in [2.24, 2.45) is 0 Å². The normalized spacial score (nSPS) is 11.7. The van der Waals surface area contributed by atoms with Crippen LogP contribution in [-0.2, 0) is 11.3 Å². The molecule has 0 aliphatic heterocycles. The molecule has 0 fully saturated rings. The van der Waals surface area contributed by atoms with Crippen LogP contribution in [0, 0.1) is 12.7 Å². The van der Waals surface area contributed by atoms with Crippen LogP contribution in [0.5, 0.6) is 5.75 Å². The molecule has 0 radical (unpaired) electrons. The first kappa shape index (κ1) is 21.4. The predicted molar refractivity (Wildman–Crippen MR) is 122 cm³/mol. The maximum absolute atomic E-state index is 13.4. The van der Waals surface area contributed by atoms with Crippen molar-refractivity contribution in [3.05, 3.63) is 83.8 Å². The van der Waals surface area contributed by atoms with Crippen molar-refractivity contribution >= 4 is 22.4 Å². The van der Waals surface area contributed by atoms with Gasteiger partial charge in [0, 0.05) is 28.2 Å². The summed E-state index contributed by atoms with van der Waals surface area (Å²) in [5.74, 6) is 0.827. The van der Waals surface area contributed by atoms with Crippen molar-refractivity contribution in [2.45, 2.75) is 27.3 Å². The largest absolute Gasteiger partial charge is 0.493 e. The van der Waals surface area contributed by atoms with E-state index in [2.05, 4.69) is 5.32 Å². The zero-order valence-electron chi connectivity index (χ0n) is 18.2. The Morgan fingerprint density at radius 3 is 2.66 bits per heavy atom. The Bertz CT molecular complexity index is 1270. The SMILES string of the molecule is CCOc1c(/C(C)=C/C(=O)NCc2ccco2)cc2c(-c3ccc(F)cc3)coc2c1C. The van der Waals surface area contributed by atoms with Gasteiger partial charge in [-0.25, -0.2) is 4.39 Å². The van der Waals surface area contributed by atoms with Gasteiger partial charge in [-0.2, -0.15) is 0 Å². The highest BCUT2D eigenvalue weighted by molar-refractivity contribution is 6.01. The van der Waals surface area contributed by atoms with E-state index in [-0.39, 0.29) is 11.7 Å². The topological polar surface area (TPSA) is 64.6 Å². The molecule has 0 unspecified atom stereocenters. The lowest BCUT2D eigenvalue weighted by molar-refractivity contribution is -0.116. The van der Waals surface area contributed by atoms with Gasteiger partial charge in [-0.1, -0.05) is 12.1 Å². The van der Waals surface area contributed by atoms with E-state index in [0.717, 1.165) is 33.2 Å². The van der Waals surface area contributed by atoms with E-state index in [1.807, 2.05) is 26.8 Å². The first-order valence-corrected chi connectivity index (χ1v) is 10.4. The van der Waals surface area contributed by atoms with Gasteiger partial charge in [0.1, 0.15) is 22.9 Å². The van der Waals surface area contributed by atoms with Gasteiger partial charge >= 0.3 is 0 Å². The van der Waals surface area contributed by atoms with Crippen LogP contribution in [0.25, 0.3) is 27.7 Å². The van der Waals surface area contributed by atoms with E-state index in [9.17, 15) is 9.18 Å². The molecule has 6 heteroatoms. The number of hydrogen-bond acceptors (Lipinski definition) is 4. The number of carbonyl (C=O) groups excluding carboxylic acids is 1. The van der Waals surface area contributed by atoms with Gasteiger partial charge in [0.25, 0.3) is 0 Å². The molecule has 2 aromatic carbocycles. The van der Waals surface area contributed by atoms with Crippen LogP contribution in [0.1, 0.15) is 30.7 Å². The summed E-state index contributed by atoms with van der Waals surface area (Å²) >= 11 is 0. The molecule has 4 aromatic rings. The van der Waals surface area contributed by atoms with Crippen molar-refractivity contribution in [3.63, 3.8) is 0 Å². The van der Waals surface area contributed by atoms with Gasteiger partial charge < -0.3 is 18.9 Å². The minimum atomic E-state index is -0.295. The number of carbonyl (C=O) groups is 1. The lowest BCUT2D eigenvalue weighted by Gasteiger charge is -2.15. The first-order chi connectivity index (χ1) is 15.5. The highest BCUT2D eigenvalue weighted by Crippen LogP contribution is 2.40. The number of aryl methyl sites for hydroxylation is 1. The van der Waals surface area contributed by atoms with Crippen molar-refractivity contribution in [1.82, 2.24) is 5.32 Å². The van der Waals surface area contributed by atoms with E-state index in [1.165, 1.54) is 12.1 Å². The lowest BCUT2D eigenvalue weighted by Crippen LogP contribution is -2.20. The smallest absolute Gasteiger partial charge is 0.244 e. The summed E-state index contributed by atoms with van der Waals surface area (Å²) in [4.78, 5) is 12.5. The number of halogens is 1. The Hall–Kier alpha value is -3.80. The molecule has 0 aliphatic rings. The summed E-state index contributed by atoms with van der Waals surface area (Å²) in [7, 11) is 0. The fourth-order valence-electron chi connectivity index (χ4n) is 3.70. The first-order valence-electron chi connectivity index (χ1n) is 10.4. The number of benzene rings is 2. The Kier molecular flexibility index (Phi) is 6.12. The second kappa shape index (κ2) is 9.14. The van der Waals surface area contributed by atoms with E-state index < -0.39 is 0 Å². The van der Waals surface area contributed by atoms with E-state index in [1.54, 1.807) is 42.9 Å². The Labute approximate surface area is 185 Å². The van der Waals surface area contributed by atoms with Gasteiger partial charge in [0.05, 0.1) is 25.7 Å². The number of furan rings is 2. The molecule has 0 saturated carbocycles. The number of ether oxygens (including phenoxy) is 1. The second-order valence-corrected chi connectivity index (χ2v) is 7.47. The predicted octanol–water partition coefficient (Wildman–Crippen LogP) is 6.26. The standard InChI is InChI=1S/C26H24FNO4/c1-4-30-25-17(3)26-22(23(15-32-26)18-7-9-19(27)10-8-18)13-21(25)16(2)12-24(29)28-14-20-6-5-11-31-20/h5-13,15H,4,14H2,1-3H3,(H,28,29)/b16-12+. The number of allylic oxidation sites excluding steroid dienone is 1. The maximum atomic E-state index is 13.4. The van der Waals surface area contributed by atoms with Gasteiger partial charge in [-0.3, -0.25) is 4.79 Å². The third-order valence-electron chi connectivity index (χ3n) is 5.28. The highest BCUT2D eigenvalue weighted by Gasteiger charge is 2.19. The van der Waals surface area contributed by atoms with Gasteiger partial charge in [0.15, 0.2) is 0 Å². The summed E-state index contributed by atoms with van der Waals surface area (Å²) in [5, 5.41) is 3.69. The monoisotopic (exact) mass is 433 g/mol. The van der Waals surface area contributed by atoms with E-state index in [0.29, 0.717) is 30.2 Å². The quantitative estimate of drug-likeness (QED) is 0.350. The molecular formula is C26H24FNO4. The molecule has 2 heterocycles. The van der Waals surface area contributed by atoms with Crippen LogP contribution < -0.4 is 10.1 Å². The fourth-order valence-corrected chi connectivity index (χ4v) is 3.70. The third-order valence-corrected chi connectivity index (χ3v) is 5.28. The molecule has 0 aliphatic carbocycles. The maximum Gasteiger partial charge on any atom is 0.244 e. The Morgan fingerprint density at radius 1 is 1.19 bits per heavy atom. The fraction of sp³-hybridized carbons (Fsp3) is 0.192. The minimum absolute atomic E-state index is 0.231. The van der Waals surface area contributed by atoms with Crippen molar-refractivity contribution < 1.29 is 22.8 Å². The van der Waals surface area contributed by atoms with Gasteiger partial charge in [-0.05, 0) is 62.2 Å². The molecule has 1 amide bonds. The Morgan fingerprint density at radius 2 is 1.97 bits per heavy atom. The molecule has 4 rings (SSSR count). The summed E-state index contributed by atoms with van der Waals surface area (Å²) in [6.07, 6.45) is 4.78. The molecule has 0 bridgehead atoms. The summed E-state index contributed by atoms with van der Waals surface area (Å²) in [5.41, 5.74) is 4.79. The molecule has 1 N–H and O–H groups in total. The summed E-state index contributed by atoms with van der Waals surface area (Å²) in [6, 6.07) is 11.8. The Balaban J connectivity index is 1.74. The van der Waals surface area contributed by atoms with Crippen LogP contribution in [0.2, 0.25) is 0 Å². The number of nitrogens with one attached hydrogen (secondary N) is 1. The van der Waals surface area contributed by atoms with E-state index >= 15 is 0 Å². The molecular weight excluding hydrogens is 409 g/mol. The summed E-state index contributed by atoms with van der Waals surface area (Å²) in [6.45, 7) is 6.49. The second-order valence-electron chi connectivity index (χ2n) is 7.47. The molecule has 0 atom stereocenters. The van der Waals surface area contributed by atoms with Crippen LogP contribution in [-0.4, -0.2) is 12.5 Å². The number of fused-ring (bicyclic) bond motifs is 1. The zero-order chi connectivity index (χ0) is 22.7. The van der Waals surface area contributed by atoms with Gasteiger partial charge in [0.2, 0.25) is 5.91 Å². The lowest BCUT2D eigenvalue weighted by atomic mass is 9.96. The van der Waals surface area contributed by atoms with Crippen molar-refractivity contribution in [3.8, 4) is 16.9 Å². The molecule has 164 valence electrons. The molecule has 0 spiro atoms. The van der Waals surface area contributed by atoms with Crippen LogP contribution in [0.3, 0.4) is 0 Å². The molecule has 32 heavy (non-hydrogen) atoms. The van der Waals surface area contributed by atoms with Crippen molar-refractivity contribution in [1.29, 1.82) is 0 Å². The van der Waals surface area contributed by atoms with Crippen LogP contribution >= 0.6 is 0 Å². The molecule has 5 nitrogen and oxygen atoms in total. The molecule has 0 saturated heterocycles.